The number of thiol groups is 1. The second-order valence-electron chi connectivity index (χ2n) is 2.33. The maximum Gasteiger partial charge on any atom is 0.105 e. The molecule has 12 heavy (non-hydrogen) atoms. The van der Waals surface area contributed by atoms with Crippen molar-refractivity contribution in [3.05, 3.63) is 29.8 Å². The molecule has 0 fully saturated rings. The van der Waals surface area contributed by atoms with Crippen LogP contribution in [-0.2, 0) is 6.42 Å². The normalized spacial score (nSPS) is 9.83. The average Bonchev–Trinajstić information content (AvgIpc) is 2.04. The van der Waals surface area contributed by atoms with Gasteiger partial charge in [-0.1, -0.05) is 49.1 Å². The highest BCUT2D eigenvalue weighted by atomic mass is 32.2. The first-order chi connectivity index (χ1) is 5.74. The first-order valence-electron chi connectivity index (χ1n) is 3.72. The summed E-state index contributed by atoms with van der Waals surface area (Å²) in [4.78, 5) is 1.22. The van der Waals surface area contributed by atoms with E-state index in [4.69, 9.17) is 12.2 Å². The average molecular weight is 214 g/mol. The minimum atomic E-state index is 0.677. The predicted molar refractivity (Wildman–Crippen MR) is 63.3 cm³/mol. The van der Waals surface area contributed by atoms with Gasteiger partial charge < -0.3 is 0 Å². The van der Waals surface area contributed by atoms with Crippen LogP contribution < -0.4 is 0 Å². The Morgan fingerprint density at radius 3 is 2.75 bits per heavy atom. The number of hydrogen-bond donors (Lipinski definition) is 1. The van der Waals surface area contributed by atoms with E-state index in [-0.39, 0.29) is 0 Å². The van der Waals surface area contributed by atoms with E-state index in [1.807, 2.05) is 12.1 Å². The third-order valence-electron chi connectivity index (χ3n) is 1.55. The molecule has 64 valence electrons. The second-order valence-corrected chi connectivity index (χ2v) is 5.10. The molecule has 0 aliphatic heterocycles. The molecule has 0 atom stereocenters. The Kier molecular flexibility index (Phi) is 4.12. The summed E-state index contributed by atoms with van der Waals surface area (Å²) in [7, 11) is 0. The lowest BCUT2D eigenvalue weighted by molar-refractivity contribution is 1.08. The molecular formula is C9H10S3. The zero-order chi connectivity index (χ0) is 8.97. The Bertz CT molecular complexity index is 281. The van der Waals surface area contributed by atoms with Gasteiger partial charge in [0, 0.05) is 4.90 Å². The van der Waals surface area contributed by atoms with Crippen molar-refractivity contribution in [2.24, 2.45) is 0 Å². The van der Waals surface area contributed by atoms with Crippen LogP contribution in [-0.4, -0.2) is 3.53 Å². The van der Waals surface area contributed by atoms with Crippen LogP contribution in [0.1, 0.15) is 12.5 Å². The molecule has 1 aromatic rings. The highest BCUT2D eigenvalue weighted by Crippen LogP contribution is 2.25. The molecule has 1 aromatic carbocycles. The molecular weight excluding hydrogens is 204 g/mol. The first kappa shape index (κ1) is 10.1. The molecule has 0 aromatic heterocycles. The molecule has 0 saturated heterocycles. The lowest BCUT2D eigenvalue weighted by Crippen LogP contribution is -1.85. The van der Waals surface area contributed by atoms with Crippen molar-refractivity contribution in [1.82, 2.24) is 0 Å². The standard InChI is InChI=1S/C9H10S3/c1-2-7-5-3-4-6-8(7)12-9(10)11/h3-6H,2H2,1H3,(H,10,11). The molecule has 0 aliphatic carbocycles. The van der Waals surface area contributed by atoms with Crippen LogP contribution in [0.2, 0.25) is 0 Å². The largest absolute Gasteiger partial charge is 0.125 e. The van der Waals surface area contributed by atoms with Gasteiger partial charge >= 0.3 is 0 Å². The molecule has 0 nitrogen and oxygen atoms in total. The minimum Gasteiger partial charge on any atom is -0.125 e. The highest BCUT2D eigenvalue weighted by molar-refractivity contribution is 8.41. The maximum absolute atomic E-state index is 4.91. The number of thioether (sulfide) groups is 1. The molecule has 3 heteroatoms. The van der Waals surface area contributed by atoms with E-state index in [9.17, 15) is 0 Å². The van der Waals surface area contributed by atoms with Crippen LogP contribution in [0.4, 0.5) is 0 Å². The molecule has 0 heterocycles. The fourth-order valence-electron chi connectivity index (χ4n) is 0.990. The smallest absolute Gasteiger partial charge is 0.105 e. The Labute approximate surface area is 88.2 Å². The van der Waals surface area contributed by atoms with E-state index in [0.717, 1.165) is 6.42 Å². The van der Waals surface area contributed by atoms with Gasteiger partial charge in [0.25, 0.3) is 0 Å². The summed E-state index contributed by atoms with van der Waals surface area (Å²) in [6.45, 7) is 2.14. The summed E-state index contributed by atoms with van der Waals surface area (Å²) in [5, 5.41) is 0. The second kappa shape index (κ2) is 4.90. The van der Waals surface area contributed by atoms with Gasteiger partial charge in [0.1, 0.15) is 3.53 Å². The maximum atomic E-state index is 4.91. The third-order valence-corrected chi connectivity index (χ3v) is 2.87. The summed E-state index contributed by atoms with van der Waals surface area (Å²) in [5.41, 5.74) is 1.33. The van der Waals surface area contributed by atoms with Crippen LogP contribution in [0.5, 0.6) is 0 Å². The molecule has 0 bridgehead atoms. The highest BCUT2D eigenvalue weighted by Gasteiger charge is 2.00. The first-order valence-corrected chi connectivity index (χ1v) is 5.40. The molecule has 0 spiro atoms. The lowest BCUT2D eigenvalue weighted by Gasteiger charge is -2.04. The summed E-state index contributed by atoms with van der Waals surface area (Å²) in [5.74, 6) is 0. The van der Waals surface area contributed by atoms with Crippen molar-refractivity contribution in [2.45, 2.75) is 18.2 Å². The Morgan fingerprint density at radius 2 is 2.17 bits per heavy atom. The van der Waals surface area contributed by atoms with E-state index >= 15 is 0 Å². The molecule has 0 saturated carbocycles. The zero-order valence-electron chi connectivity index (χ0n) is 6.78. The zero-order valence-corrected chi connectivity index (χ0v) is 9.31. The number of hydrogen-bond acceptors (Lipinski definition) is 2. The Balaban J connectivity index is 2.89. The molecule has 0 radical (unpaired) electrons. The van der Waals surface area contributed by atoms with Crippen molar-refractivity contribution in [3.63, 3.8) is 0 Å². The van der Waals surface area contributed by atoms with Crippen molar-refractivity contribution in [2.75, 3.05) is 0 Å². The van der Waals surface area contributed by atoms with Crippen LogP contribution in [0.3, 0.4) is 0 Å². The topological polar surface area (TPSA) is 0 Å². The summed E-state index contributed by atoms with van der Waals surface area (Å²) >= 11 is 10.5. The number of benzene rings is 1. The van der Waals surface area contributed by atoms with Crippen LogP contribution >= 0.6 is 36.6 Å². The SMILES string of the molecule is CCc1ccccc1SC(=S)S. The molecule has 1 rings (SSSR count). The predicted octanol–water partition coefficient (Wildman–Crippen LogP) is 3.56. The van der Waals surface area contributed by atoms with Gasteiger partial charge in [-0.05, 0) is 18.1 Å². The van der Waals surface area contributed by atoms with Gasteiger partial charge in [-0.3, -0.25) is 0 Å². The van der Waals surface area contributed by atoms with Crippen LogP contribution in [0.25, 0.3) is 0 Å². The quantitative estimate of drug-likeness (QED) is 0.454. The third kappa shape index (κ3) is 2.81. The summed E-state index contributed by atoms with van der Waals surface area (Å²) in [6, 6.07) is 8.26. The van der Waals surface area contributed by atoms with Gasteiger partial charge in [0.2, 0.25) is 0 Å². The van der Waals surface area contributed by atoms with E-state index in [2.05, 4.69) is 31.7 Å². The Morgan fingerprint density at radius 1 is 1.50 bits per heavy atom. The van der Waals surface area contributed by atoms with Crippen molar-refractivity contribution in [3.8, 4) is 0 Å². The molecule has 0 aliphatic rings. The Hall–Kier alpha value is 0.01000. The molecule has 0 unspecified atom stereocenters. The van der Waals surface area contributed by atoms with E-state index in [1.165, 1.54) is 10.5 Å². The van der Waals surface area contributed by atoms with Crippen LogP contribution in [0, 0.1) is 0 Å². The summed E-state index contributed by atoms with van der Waals surface area (Å²) < 4.78 is 0.677. The van der Waals surface area contributed by atoms with E-state index in [0.29, 0.717) is 3.53 Å². The number of thiocarbonyl (C=S) groups is 1. The van der Waals surface area contributed by atoms with Crippen molar-refractivity contribution >= 4 is 40.1 Å². The number of rotatable bonds is 2. The molecule has 0 amide bonds. The van der Waals surface area contributed by atoms with Gasteiger partial charge in [-0.2, -0.15) is 0 Å². The fraction of sp³-hybridized carbons (Fsp3) is 0.222. The van der Waals surface area contributed by atoms with E-state index in [1.54, 1.807) is 11.8 Å². The minimum absolute atomic E-state index is 0.677. The number of aryl methyl sites for hydroxylation is 1. The van der Waals surface area contributed by atoms with E-state index < -0.39 is 0 Å². The monoisotopic (exact) mass is 214 g/mol. The molecule has 0 N–H and O–H groups in total. The van der Waals surface area contributed by atoms with Gasteiger partial charge in [-0.15, -0.1) is 12.6 Å². The lowest BCUT2D eigenvalue weighted by atomic mass is 10.2. The van der Waals surface area contributed by atoms with Crippen molar-refractivity contribution in [1.29, 1.82) is 0 Å². The van der Waals surface area contributed by atoms with Crippen molar-refractivity contribution < 1.29 is 0 Å². The fourth-order valence-corrected chi connectivity index (χ4v) is 2.23. The van der Waals surface area contributed by atoms with Gasteiger partial charge in [-0.25, -0.2) is 0 Å². The van der Waals surface area contributed by atoms with Gasteiger partial charge in [0.05, 0.1) is 0 Å². The summed E-state index contributed by atoms with van der Waals surface area (Å²) in [6.07, 6.45) is 1.04. The van der Waals surface area contributed by atoms with Crippen LogP contribution in [0.15, 0.2) is 29.2 Å². The van der Waals surface area contributed by atoms with Gasteiger partial charge in [0.15, 0.2) is 0 Å².